The minimum atomic E-state index is -0.151. The smallest absolute Gasteiger partial charge is 0.244 e. The van der Waals surface area contributed by atoms with Crippen molar-refractivity contribution < 1.29 is 9.32 Å². The molecule has 1 aromatic rings. The Kier molecular flexibility index (Phi) is 3.49. The van der Waals surface area contributed by atoms with E-state index in [-0.39, 0.29) is 24.4 Å². The third kappa shape index (κ3) is 2.21. The van der Waals surface area contributed by atoms with Crippen LogP contribution in [0.2, 0.25) is 0 Å². The summed E-state index contributed by atoms with van der Waals surface area (Å²) in [5.74, 6) is 0.139. The van der Waals surface area contributed by atoms with Gasteiger partial charge in [-0.1, -0.05) is 17.3 Å². The molecule has 1 N–H and O–H groups in total. The quantitative estimate of drug-likeness (QED) is 0.743. The molecule has 0 radical (unpaired) electrons. The first-order valence-electron chi connectivity index (χ1n) is 5.45. The maximum Gasteiger partial charge on any atom is 0.244 e. The van der Waals surface area contributed by atoms with Crippen LogP contribution >= 0.6 is 12.4 Å². The molecule has 6 heteroatoms. The van der Waals surface area contributed by atoms with Crippen molar-refractivity contribution in [3.8, 4) is 0 Å². The number of amides is 1. The van der Waals surface area contributed by atoms with Crippen molar-refractivity contribution in [2.75, 3.05) is 13.1 Å². The Morgan fingerprint density at radius 3 is 3.24 bits per heavy atom. The van der Waals surface area contributed by atoms with Crippen LogP contribution < -0.4 is 5.32 Å². The number of aromatic nitrogens is 1. The second-order valence-corrected chi connectivity index (χ2v) is 4.11. The first kappa shape index (κ1) is 12.1. The Bertz CT molecular complexity index is 444. The minimum Gasteiger partial charge on any atom is -0.364 e. The Morgan fingerprint density at radius 2 is 2.47 bits per heavy atom. The zero-order chi connectivity index (χ0) is 11.0. The molecule has 0 spiro atoms. The van der Waals surface area contributed by atoms with Crippen molar-refractivity contribution in [2.24, 2.45) is 0 Å². The van der Waals surface area contributed by atoms with Crippen molar-refractivity contribution >= 4 is 18.3 Å². The summed E-state index contributed by atoms with van der Waals surface area (Å²) in [5.41, 5.74) is 2.01. The van der Waals surface area contributed by atoms with Crippen LogP contribution in [0.15, 0.2) is 22.9 Å². The predicted octanol–water partition coefficient (Wildman–Crippen LogP) is 0.509. The van der Waals surface area contributed by atoms with Gasteiger partial charge in [-0.15, -0.1) is 12.4 Å². The molecule has 0 aromatic carbocycles. The van der Waals surface area contributed by atoms with E-state index in [1.165, 1.54) is 0 Å². The lowest BCUT2D eigenvalue weighted by atomic mass is 10.1. The summed E-state index contributed by atoms with van der Waals surface area (Å²) in [6.45, 7) is 2.12. The van der Waals surface area contributed by atoms with E-state index in [1.54, 1.807) is 6.26 Å². The Balaban J connectivity index is 0.00000108. The standard InChI is InChI=1S/C11H13N3O2.ClH/c15-11(10-2-1-4-12-10)14-5-3-9-8(6-14)7-16-13-9;/h1-2,7,10,12H,3-6H2;1H. The van der Waals surface area contributed by atoms with Gasteiger partial charge < -0.3 is 9.42 Å². The maximum atomic E-state index is 12.1. The van der Waals surface area contributed by atoms with Crippen LogP contribution in [0.1, 0.15) is 11.3 Å². The van der Waals surface area contributed by atoms with E-state index < -0.39 is 0 Å². The fourth-order valence-corrected chi connectivity index (χ4v) is 2.16. The molecule has 17 heavy (non-hydrogen) atoms. The minimum absolute atomic E-state index is 0. The topological polar surface area (TPSA) is 58.4 Å². The van der Waals surface area contributed by atoms with Gasteiger partial charge in [-0.05, 0) is 0 Å². The Hall–Kier alpha value is -1.33. The van der Waals surface area contributed by atoms with Gasteiger partial charge in [-0.2, -0.15) is 0 Å². The maximum absolute atomic E-state index is 12.1. The largest absolute Gasteiger partial charge is 0.364 e. The van der Waals surface area contributed by atoms with E-state index in [4.69, 9.17) is 4.52 Å². The number of carbonyl (C=O) groups excluding carboxylic acids is 1. The number of fused-ring (bicyclic) bond motifs is 1. The van der Waals surface area contributed by atoms with E-state index >= 15 is 0 Å². The summed E-state index contributed by atoms with van der Waals surface area (Å²) in [5, 5.41) is 7.04. The molecule has 5 nitrogen and oxygen atoms in total. The predicted molar refractivity (Wildman–Crippen MR) is 63.8 cm³/mol. The van der Waals surface area contributed by atoms with Gasteiger partial charge in [0.15, 0.2) is 0 Å². The van der Waals surface area contributed by atoms with Gasteiger partial charge >= 0.3 is 0 Å². The van der Waals surface area contributed by atoms with Crippen molar-refractivity contribution in [1.82, 2.24) is 15.4 Å². The summed E-state index contributed by atoms with van der Waals surface area (Å²) in [7, 11) is 0. The van der Waals surface area contributed by atoms with Crippen LogP contribution in [0.4, 0.5) is 0 Å². The fourth-order valence-electron chi connectivity index (χ4n) is 2.16. The molecule has 1 aromatic heterocycles. The average Bonchev–Trinajstić information content (AvgIpc) is 2.98. The van der Waals surface area contributed by atoms with Crippen LogP contribution in [0.25, 0.3) is 0 Å². The second kappa shape index (κ2) is 4.89. The lowest BCUT2D eigenvalue weighted by Crippen LogP contribution is -2.45. The molecular weight excluding hydrogens is 242 g/mol. The SMILES string of the molecule is Cl.O=C(C1C=CCN1)N1CCc2nocc2C1. The van der Waals surface area contributed by atoms with E-state index in [2.05, 4.69) is 10.5 Å². The van der Waals surface area contributed by atoms with Crippen molar-refractivity contribution in [1.29, 1.82) is 0 Å². The molecule has 0 saturated carbocycles. The van der Waals surface area contributed by atoms with E-state index in [0.717, 1.165) is 30.8 Å². The van der Waals surface area contributed by atoms with Crippen LogP contribution in [0.3, 0.4) is 0 Å². The molecular formula is C11H14ClN3O2. The summed E-state index contributed by atoms with van der Waals surface area (Å²) in [4.78, 5) is 13.9. The average molecular weight is 256 g/mol. The monoisotopic (exact) mass is 255 g/mol. The summed E-state index contributed by atoms with van der Waals surface area (Å²) >= 11 is 0. The molecule has 92 valence electrons. The normalized spacial score (nSPS) is 22.1. The lowest BCUT2D eigenvalue weighted by molar-refractivity contribution is -0.133. The number of rotatable bonds is 1. The molecule has 1 atom stereocenters. The summed E-state index contributed by atoms with van der Waals surface area (Å²) in [6.07, 6.45) is 6.32. The Labute approximate surface area is 105 Å². The van der Waals surface area contributed by atoms with Gasteiger partial charge in [-0.25, -0.2) is 0 Å². The first-order chi connectivity index (χ1) is 7.84. The first-order valence-corrected chi connectivity index (χ1v) is 5.45. The van der Waals surface area contributed by atoms with E-state index in [0.29, 0.717) is 6.54 Å². The van der Waals surface area contributed by atoms with E-state index in [9.17, 15) is 4.79 Å². The van der Waals surface area contributed by atoms with Crippen LogP contribution in [0.5, 0.6) is 0 Å². The molecule has 2 aliphatic heterocycles. The zero-order valence-electron chi connectivity index (χ0n) is 9.26. The van der Waals surface area contributed by atoms with E-state index in [1.807, 2.05) is 17.1 Å². The van der Waals surface area contributed by atoms with Gasteiger partial charge in [0.05, 0.1) is 12.2 Å². The number of hydrogen-bond acceptors (Lipinski definition) is 4. The number of hydrogen-bond donors (Lipinski definition) is 1. The molecule has 3 rings (SSSR count). The molecule has 0 fully saturated rings. The third-order valence-corrected chi connectivity index (χ3v) is 3.07. The van der Waals surface area contributed by atoms with Crippen LogP contribution in [0, 0.1) is 0 Å². The van der Waals surface area contributed by atoms with Crippen molar-refractivity contribution in [2.45, 2.75) is 19.0 Å². The summed E-state index contributed by atoms with van der Waals surface area (Å²) < 4.78 is 4.90. The van der Waals surface area contributed by atoms with Gasteiger partial charge in [0.2, 0.25) is 5.91 Å². The molecule has 2 aliphatic rings. The number of halogens is 1. The number of nitrogens with zero attached hydrogens (tertiary/aromatic N) is 2. The van der Waals surface area contributed by atoms with Crippen molar-refractivity contribution in [3.05, 3.63) is 29.7 Å². The lowest BCUT2D eigenvalue weighted by Gasteiger charge is -2.27. The molecule has 0 aliphatic carbocycles. The Morgan fingerprint density at radius 1 is 1.59 bits per heavy atom. The number of carbonyl (C=O) groups is 1. The molecule has 1 unspecified atom stereocenters. The zero-order valence-corrected chi connectivity index (χ0v) is 10.1. The highest BCUT2D eigenvalue weighted by atomic mass is 35.5. The van der Waals surface area contributed by atoms with Crippen LogP contribution in [-0.2, 0) is 17.8 Å². The van der Waals surface area contributed by atoms with Crippen LogP contribution in [-0.4, -0.2) is 35.1 Å². The van der Waals surface area contributed by atoms with Gasteiger partial charge in [0.25, 0.3) is 0 Å². The van der Waals surface area contributed by atoms with Gasteiger partial charge in [-0.3, -0.25) is 10.1 Å². The molecule has 1 amide bonds. The highest BCUT2D eigenvalue weighted by molar-refractivity contribution is 5.85. The molecule has 3 heterocycles. The summed E-state index contributed by atoms with van der Waals surface area (Å²) in [6, 6.07) is -0.151. The molecule has 0 bridgehead atoms. The highest BCUT2D eigenvalue weighted by Crippen LogP contribution is 2.18. The van der Waals surface area contributed by atoms with Gasteiger partial charge in [0.1, 0.15) is 12.3 Å². The van der Waals surface area contributed by atoms with Crippen molar-refractivity contribution in [3.63, 3.8) is 0 Å². The fraction of sp³-hybridized carbons (Fsp3) is 0.455. The van der Waals surface area contributed by atoms with Gasteiger partial charge in [0, 0.05) is 25.1 Å². The number of nitrogens with one attached hydrogen (secondary N) is 1. The highest BCUT2D eigenvalue weighted by Gasteiger charge is 2.28. The molecule has 0 saturated heterocycles. The third-order valence-electron chi connectivity index (χ3n) is 3.07. The second-order valence-electron chi connectivity index (χ2n) is 4.11.